The molecule has 0 N–H and O–H groups in total. The predicted molar refractivity (Wildman–Crippen MR) is 261 cm³/mol. The van der Waals surface area contributed by atoms with Gasteiger partial charge in [0.25, 0.3) is 6.33 Å². The average molecular weight is 832 g/mol. The second-order valence-electron chi connectivity index (χ2n) is 17.0. The number of hydrogen-bond acceptors (Lipinski definition) is 2. The zero-order chi connectivity index (χ0) is 51.8. The minimum atomic E-state index is -0.555. The Kier molecular flexibility index (Phi) is 7.86. The molecule has 63 heavy (non-hydrogen) atoms. The highest BCUT2D eigenvalue weighted by Gasteiger charge is 2.26. The van der Waals surface area contributed by atoms with Crippen LogP contribution in [0.1, 0.15) is 77.9 Å². The van der Waals surface area contributed by atoms with Gasteiger partial charge in [0.1, 0.15) is 28.7 Å². The molecule has 3 aromatic heterocycles. The first-order valence-electron chi connectivity index (χ1n) is 26.6. The molecule has 5 heteroatoms. The summed E-state index contributed by atoms with van der Waals surface area (Å²) in [6, 6.07) is 30.1. The predicted octanol–water partition coefficient (Wildman–Crippen LogP) is 14.7. The third-order valence-electron chi connectivity index (χ3n) is 11.6. The van der Waals surface area contributed by atoms with E-state index < -0.39 is 60.4 Å². The molecule has 3 heterocycles. The van der Waals surface area contributed by atoms with Crippen molar-refractivity contribution >= 4 is 32.8 Å². The first kappa shape index (κ1) is 29.9. The van der Waals surface area contributed by atoms with Crippen LogP contribution in [0.15, 0.2) is 182 Å². The maximum Gasteiger partial charge on any atom is 0.255 e. The maximum absolute atomic E-state index is 9.05. The molecule has 10 rings (SSSR count). The lowest BCUT2D eigenvalue weighted by atomic mass is 9.88. The molecule has 0 aliphatic heterocycles. The Labute approximate surface area is 384 Å². The molecule has 7 aromatic carbocycles. The van der Waals surface area contributed by atoms with Crippen molar-refractivity contribution in [2.75, 3.05) is 0 Å². The molecule has 0 aliphatic rings. The second kappa shape index (κ2) is 16.6. The number of fused-ring (bicyclic) bond motifs is 4. The van der Waals surface area contributed by atoms with Crippen molar-refractivity contribution in [3.63, 3.8) is 0 Å². The Morgan fingerprint density at radius 3 is 2.06 bits per heavy atom. The summed E-state index contributed by atoms with van der Waals surface area (Å²) < 4.78 is 100. The molecule has 0 spiro atoms. The van der Waals surface area contributed by atoms with Gasteiger partial charge in [0.15, 0.2) is 11.0 Å². The summed E-state index contributed by atoms with van der Waals surface area (Å²) in [5.41, 5.74) is 8.25. The molecule has 0 radical (unpaired) electrons. The minimum absolute atomic E-state index is 0.0963. The fraction of sp³-hybridized carbons (Fsp3) is 0.172. The van der Waals surface area contributed by atoms with Gasteiger partial charge in [-0.2, -0.15) is 9.13 Å². The first-order valence-corrected chi connectivity index (χ1v) is 21.6. The van der Waals surface area contributed by atoms with Crippen molar-refractivity contribution in [3.05, 3.63) is 199 Å². The van der Waals surface area contributed by atoms with Gasteiger partial charge in [-0.1, -0.05) is 150 Å². The van der Waals surface area contributed by atoms with E-state index in [2.05, 4.69) is 75.6 Å². The summed E-state index contributed by atoms with van der Waals surface area (Å²) in [5, 5.41) is 2.28. The number of ether oxygens (including phenoxy) is 1. The fourth-order valence-electron chi connectivity index (χ4n) is 8.78. The highest BCUT2D eigenvalue weighted by molar-refractivity contribution is 6.11. The van der Waals surface area contributed by atoms with Crippen LogP contribution in [0.5, 0.6) is 11.5 Å². The van der Waals surface area contributed by atoms with E-state index in [4.69, 9.17) is 23.4 Å². The Balaban J connectivity index is 1.15. The number of benzene rings is 7. The van der Waals surface area contributed by atoms with Gasteiger partial charge in [0.2, 0.25) is 0 Å². The molecule has 0 saturated heterocycles. The molecule has 10 aromatic rings. The molecule has 0 saturated carbocycles. The number of imidazole rings is 1. The normalized spacial score (nSPS) is 14.0. The van der Waals surface area contributed by atoms with E-state index in [9.17, 15) is 0 Å². The minimum Gasteiger partial charge on any atom is -0.457 e. The first-order chi connectivity index (χ1) is 34.9. The van der Waals surface area contributed by atoms with Gasteiger partial charge >= 0.3 is 0 Å². The quantitative estimate of drug-likeness (QED) is 0.122. The summed E-state index contributed by atoms with van der Waals surface area (Å²) in [5.74, 6) is 2.01. The van der Waals surface area contributed by atoms with Crippen LogP contribution in [0.3, 0.4) is 0 Å². The number of pyridine rings is 1. The molecule has 0 fully saturated rings. The summed E-state index contributed by atoms with van der Waals surface area (Å²) in [4.78, 5) is 4.98. The molecular weight excluding hydrogens is 769 g/mol. The van der Waals surface area contributed by atoms with Crippen LogP contribution in [-0.2, 0) is 18.3 Å². The number of hydrogen-bond donors (Lipinski definition) is 0. The largest absolute Gasteiger partial charge is 0.457 e. The van der Waals surface area contributed by atoms with Crippen LogP contribution in [0.4, 0.5) is 0 Å². The van der Waals surface area contributed by atoms with Crippen molar-refractivity contribution in [1.82, 2.24) is 14.1 Å². The van der Waals surface area contributed by atoms with E-state index in [1.54, 1.807) is 29.1 Å². The molecule has 0 bridgehead atoms. The van der Waals surface area contributed by atoms with Gasteiger partial charge in [-0.05, 0) is 101 Å². The van der Waals surface area contributed by atoms with Crippen LogP contribution in [0.2, 0.25) is 0 Å². The van der Waals surface area contributed by atoms with Crippen LogP contribution < -0.4 is 9.30 Å². The molecule has 5 nitrogen and oxygen atoms in total. The molecule has 0 aliphatic carbocycles. The average Bonchev–Trinajstić information content (AvgIpc) is 3.93. The lowest BCUT2D eigenvalue weighted by Gasteiger charge is -2.20. The van der Waals surface area contributed by atoms with Crippen LogP contribution >= 0.6 is 0 Å². The van der Waals surface area contributed by atoms with E-state index in [1.165, 1.54) is 22.1 Å². The smallest absolute Gasteiger partial charge is 0.255 e. The summed E-state index contributed by atoms with van der Waals surface area (Å²) in [7, 11) is 0. The molecule has 0 amide bonds. The Bertz CT molecular complexity index is 3730. The lowest BCUT2D eigenvalue weighted by molar-refractivity contribution is -0.566. The lowest BCUT2D eigenvalue weighted by Crippen LogP contribution is -2.30. The van der Waals surface area contributed by atoms with Crippen LogP contribution in [0, 0.1) is 0 Å². The summed E-state index contributed by atoms with van der Waals surface area (Å²) in [6.07, 6.45) is 7.62. The number of aryl methyl sites for hydroxylation is 2. The molecule has 0 unspecified atom stereocenters. The van der Waals surface area contributed by atoms with Gasteiger partial charge in [-0.25, -0.2) is 4.98 Å². The zero-order valence-electron chi connectivity index (χ0n) is 46.1. The zero-order valence-corrected chi connectivity index (χ0v) is 36.1. The molecule has 310 valence electrons. The monoisotopic (exact) mass is 831 g/mol. The third-order valence-corrected chi connectivity index (χ3v) is 11.6. The number of para-hydroxylation sites is 3. The molecular formula is C58H53N4O+. The summed E-state index contributed by atoms with van der Waals surface area (Å²) >= 11 is 0. The number of aromatic nitrogens is 4. The van der Waals surface area contributed by atoms with E-state index >= 15 is 0 Å². The van der Waals surface area contributed by atoms with Crippen molar-refractivity contribution in [1.29, 1.82) is 0 Å². The Hall–Kier alpha value is -7.24. The maximum atomic E-state index is 9.05. The van der Waals surface area contributed by atoms with Gasteiger partial charge in [0.05, 0.1) is 24.7 Å². The van der Waals surface area contributed by atoms with Gasteiger partial charge < -0.3 is 4.74 Å². The van der Waals surface area contributed by atoms with Crippen molar-refractivity contribution in [3.8, 4) is 50.9 Å². The number of rotatable bonds is 11. The van der Waals surface area contributed by atoms with E-state index in [1.807, 2.05) is 65.4 Å². The highest BCUT2D eigenvalue weighted by Crippen LogP contribution is 2.40. The van der Waals surface area contributed by atoms with Crippen molar-refractivity contribution in [2.24, 2.45) is 0 Å². The standard InChI is InChI=1S/C58H53N4O/c1-6-18-40-34-43(19-7-2)56-51(35-40)50-31-30-47(38-54(50)62(56)55-36-44(32-33-59-55)58(3,4)5)63-46-25-16-24-45(37-46)60-39-61(53-29-15-14-28-52(53)60)57-48(41-20-10-8-11-21-41)26-17-27-49(57)42-22-12-9-13-23-42/h8-17,20-39H,6-7,18-19H2,1-5H3/q+1/i8D,9D,10D,11D,12D,13D,20D,21D,22D,23D. The Morgan fingerprint density at radius 2 is 1.35 bits per heavy atom. The number of nitrogens with zero attached hydrogens (tertiary/aromatic N) is 4. The SMILES string of the molecule is [2H]c1c([2H])c([2H])c(-c2cccc(-c3c([2H])c([2H])c([2H])c([2H])c3[2H])c2-[n+]2cn(-c3cccc(Oc4ccc5c6cc(CCC)cc(CCC)c6n(-c6cc(C(C)(C)C)ccn6)c5c4)c3)c3ccccc32)c([2H])c1[2H]. The van der Waals surface area contributed by atoms with E-state index in [0.717, 1.165) is 47.9 Å². The molecule has 0 atom stereocenters. The van der Waals surface area contributed by atoms with E-state index in [0.29, 0.717) is 28.2 Å². The highest BCUT2D eigenvalue weighted by atomic mass is 16.5. The van der Waals surface area contributed by atoms with E-state index in [-0.39, 0.29) is 33.4 Å². The van der Waals surface area contributed by atoms with Gasteiger partial charge in [0, 0.05) is 40.2 Å². The van der Waals surface area contributed by atoms with Crippen molar-refractivity contribution < 1.29 is 23.0 Å². The summed E-state index contributed by atoms with van der Waals surface area (Å²) in [6.45, 7) is 11.0. The van der Waals surface area contributed by atoms with Crippen LogP contribution in [0.25, 0.3) is 72.3 Å². The second-order valence-corrected chi connectivity index (χ2v) is 17.0. The Morgan fingerprint density at radius 1 is 0.651 bits per heavy atom. The van der Waals surface area contributed by atoms with Gasteiger partial charge in [-0.3, -0.25) is 4.57 Å². The van der Waals surface area contributed by atoms with Crippen LogP contribution in [-0.4, -0.2) is 14.1 Å². The topological polar surface area (TPSA) is 35.9 Å². The fourth-order valence-corrected chi connectivity index (χ4v) is 8.78. The third kappa shape index (κ3) is 7.48. The van der Waals surface area contributed by atoms with Crippen molar-refractivity contribution in [2.45, 2.75) is 65.7 Å². The van der Waals surface area contributed by atoms with Gasteiger partial charge in [-0.15, -0.1) is 0 Å².